The molecule has 0 atom stereocenters. The van der Waals surface area contributed by atoms with E-state index in [9.17, 15) is 0 Å². The Morgan fingerprint density at radius 3 is 2.53 bits per heavy atom. The first-order chi connectivity index (χ1) is 9.43. The molecule has 1 aromatic carbocycles. The molecule has 3 nitrogen and oxygen atoms in total. The number of nitrogens with one attached hydrogen (secondary N) is 1. The van der Waals surface area contributed by atoms with Crippen molar-refractivity contribution in [2.75, 3.05) is 36.5 Å². The van der Waals surface area contributed by atoms with Gasteiger partial charge in [-0.3, -0.25) is 0 Å². The van der Waals surface area contributed by atoms with Crippen LogP contribution in [-0.2, 0) is 4.74 Å². The maximum Gasteiger partial charge on any atom is 0.0602 e. The first-order valence-corrected chi connectivity index (χ1v) is 7.62. The largest absolute Gasteiger partial charge is 0.381 e. The standard InChI is InChI=1S/C16H24N2O/c1-4-10-18(11-5-1)16-7-3-2-6-15(16)17-14-8-12-19-13-9-14/h2-3,6-7,14,17H,1,4-5,8-13H2. The number of hydrogen-bond acceptors (Lipinski definition) is 3. The van der Waals surface area contributed by atoms with Crippen LogP contribution in [0.2, 0.25) is 0 Å². The third kappa shape index (κ3) is 3.21. The second kappa shape index (κ2) is 6.29. The van der Waals surface area contributed by atoms with E-state index < -0.39 is 0 Å². The lowest BCUT2D eigenvalue weighted by Gasteiger charge is -2.32. The second-order valence-corrected chi connectivity index (χ2v) is 5.60. The van der Waals surface area contributed by atoms with Crippen molar-refractivity contribution in [1.29, 1.82) is 0 Å². The van der Waals surface area contributed by atoms with Gasteiger partial charge < -0.3 is 15.0 Å². The molecule has 3 rings (SSSR count). The summed E-state index contributed by atoms with van der Waals surface area (Å²) in [6, 6.07) is 9.33. The van der Waals surface area contributed by atoms with Crippen molar-refractivity contribution >= 4 is 11.4 Å². The maximum absolute atomic E-state index is 5.43. The zero-order chi connectivity index (χ0) is 12.9. The molecular formula is C16H24N2O. The number of benzene rings is 1. The summed E-state index contributed by atoms with van der Waals surface area (Å²) in [5, 5.41) is 3.73. The van der Waals surface area contributed by atoms with Crippen LogP contribution in [-0.4, -0.2) is 32.3 Å². The number of hydrogen-bond donors (Lipinski definition) is 1. The number of anilines is 2. The number of piperidine rings is 1. The Morgan fingerprint density at radius 2 is 1.74 bits per heavy atom. The van der Waals surface area contributed by atoms with Gasteiger partial charge in [0.2, 0.25) is 0 Å². The molecule has 2 aliphatic rings. The minimum absolute atomic E-state index is 0.569. The van der Waals surface area contributed by atoms with Gasteiger partial charge in [-0.2, -0.15) is 0 Å². The highest BCUT2D eigenvalue weighted by molar-refractivity contribution is 5.70. The fourth-order valence-corrected chi connectivity index (χ4v) is 3.07. The predicted molar refractivity (Wildman–Crippen MR) is 80.0 cm³/mol. The first kappa shape index (κ1) is 12.8. The molecule has 0 radical (unpaired) electrons. The van der Waals surface area contributed by atoms with Crippen molar-refractivity contribution < 1.29 is 4.74 Å². The third-order valence-corrected chi connectivity index (χ3v) is 4.18. The minimum atomic E-state index is 0.569. The number of rotatable bonds is 3. The van der Waals surface area contributed by atoms with Crippen LogP contribution in [0.4, 0.5) is 11.4 Å². The molecule has 104 valence electrons. The Labute approximate surface area is 115 Å². The quantitative estimate of drug-likeness (QED) is 0.902. The maximum atomic E-state index is 5.43. The molecule has 2 saturated heterocycles. The molecule has 3 heteroatoms. The van der Waals surface area contributed by atoms with E-state index >= 15 is 0 Å². The lowest BCUT2D eigenvalue weighted by molar-refractivity contribution is 0.0904. The molecule has 0 saturated carbocycles. The van der Waals surface area contributed by atoms with Crippen LogP contribution in [0.5, 0.6) is 0 Å². The number of para-hydroxylation sites is 2. The average Bonchev–Trinajstić information content (AvgIpc) is 2.50. The van der Waals surface area contributed by atoms with E-state index in [0.29, 0.717) is 6.04 Å². The van der Waals surface area contributed by atoms with Gasteiger partial charge in [-0.15, -0.1) is 0 Å². The van der Waals surface area contributed by atoms with Crippen molar-refractivity contribution in [3.05, 3.63) is 24.3 Å². The summed E-state index contributed by atoms with van der Waals surface area (Å²) in [4.78, 5) is 2.53. The normalized spacial score (nSPS) is 21.4. The van der Waals surface area contributed by atoms with E-state index in [4.69, 9.17) is 4.74 Å². The van der Waals surface area contributed by atoms with Gasteiger partial charge >= 0.3 is 0 Å². The molecule has 19 heavy (non-hydrogen) atoms. The van der Waals surface area contributed by atoms with E-state index in [-0.39, 0.29) is 0 Å². The summed E-state index contributed by atoms with van der Waals surface area (Å²) in [6.45, 7) is 4.19. The zero-order valence-electron chi connectivity index (χ0n) is 11.6. The van der Waals surface area contributed by atoms with Gasteiger partial charge in [0.15, 0.2) is 0 Å². The molecule has 2 aliphatic heterocycles. The molecule has 0 bridgehead atoms. The van der Waals surface area contributed by atoms with Gasteiger partial charge in [0, 0.05) is 32.3 Å². The van der Waals surface area contributed by atoms with Crippen LogP contribution in [0, 0.1) is 0 Å². The lowest BCUT2D eigenvalue weighted by Crippen LogP contribution is -2.32. The SMILES string of the molecule is c1ccc(N2CCCCC2)c(NC2CCOCC2)c1. The minimum Gasteiger partial charge on any atom is -0.381 e. The van der Waals surface area contributed by atoms with Crippen LogP contribution >= 0.6 is 0 Å². The topological polar surface area (TPSA) is 24.5 Å². The van der Waals surface area contributed by atoms with Crippen molar-refractivity contribution in [3.8, 4) is 0 Å². The molecule has 0 aromatic heterocycles. The average molecular weight is 260 g/mol. The molecule has 0 aliphatic carbocycles. The number of nitrogens with zero attached hydrogens (tertiary/aromatic N) is 1. The lowest BCUT2D eigenvalue weighted by atomic mass is 10.1. The second-order valence-electron chi connectivity index (χ2n) is 5.60. The van der Waals surface area contributed by atoms with E-state index in [1.165, 1.54) is 43.7 Å². The highest BCUT2D eigenvalue weighted by Gasteiger charge is 2.18. The van der Waals surface area contributed by atoms with Gasteiger partial charge in [-0.05, 0) is 44.2 Å². The van der Waals surface area contributed by atoms with Crippen molar-refractivity contribution in [2.24, 2.45) is 0 Å². The van der Waals surface area contributed by atoms with Gasteiger partial charge in [-0.1, -0.05) is 12.1 Å². The molecule has 0 amide bonds. The third-order valence-electron chi connectivity index (χ3n) is 4.18. The van der Waals surface area contributed by atoms with Gasteiger partial charge in [0.25, 0.3) is 0 Å². The summed E-state index contributed by atoms with van der Waals surface area (Å²) in [5.74, 6) is 0. The van der Waals surface area contributed by atoms with Gasteiger partial charge in [0.1, 0.15) is 0 Å². The molecular weight excluding hydrogens is 236 g/mol. The Bertz CT molecular complexity index is 395. The predicted octanol–water partition coefficient (Wildman–Crippen LogP) is 3.27. The Hall–Kier alpha value is -1.22. The van der Waals surface area contributed by atoms with Crippen molar-refractivity contribution in [2.45, 2.75) is 38.1 Å². The first-order valence-electron chi connectivity index (χ1n) is 7.62. The summed E-state index contributed by atoms with van der Waals surface area (Å²) in [5.41, 5.74) is 2.69. The van der Waals surface area contributed by atoms with Crippen LogP contribution in [0.3, 0.4) is 0 Å². The van der Waals surface area contributed by atoms with E-state index in [1.54, 1.807) is 0 Å². The summed E-state index contributed by atoms with van der Waals surface area (Å²) in [6.07, 6.45) is 6.27. The molecule has 1 N–H and O–H groups in total. The monoisotopic (exact) mass is 260 g/mol. The summed E-state index contributed by atoms with van der Waals surface area (Å²) in [7, 11) is 0. The van der Waals surface area contributed by atoms with Gasteiger partial charge in [-0.25, -0.2) is 0 Å². The number of ether oxygens (including phenoxy) is 1. The highest BCUT2D eigenvalue weighted by atomic mass is 16.5. The van der Waals surface area contributed by atoms with Crippen LogP contribution in [0.1, 0.15) is 32.1 Å². The Balaban J connectivity index is 1.72. The van der Waals surface area contributed by atoms with Gasteiger partial charge in [0.05, 0.1) is 11.4 Å². The van der Waals surface area contributed by atoms with Crippen molar-refractivity contribution in [3.63, 3.8) is 0 Å². The summed E-state index contributed by atoms with van der Waals surface area (Å²) < 4.78 is 5.43. The Kier molecular flexibility index (Phi) is 4.23. The Morgan fingerprint density at radius 1 is 1.00 bits per heavy atom. The van der Waals surface area contributed by atoms with Crippen LogP contribution < -0.4 is 10.2 Å². The van der Waals surface area contributed by atoms with Crippen molar-refractivity contribution in [1.82, 2.24) is 0 Å². The molecule has 2 heterocycles. The fourth-order valence-electron chi connectivity index (χ4n) is 3.07. The van der Waals surface area contributed by atoms with Crippen LogP contribution in [0.15, 0.2) is 24.3 Å². The summed E-state index contributed by atoms with van der Waals surface area (Å²) >= 11 is 0. The van der Waals surface area contributed by atoms with Crippen LogP contribution in [0.25, 0.3) is 0 Å². The van der Waals surface area contributed by atoms with E-state index in [2.05, 4.69) is 34.5 Å². The van der Waals surface area contributed by atoms with E-state index in [0.717, 1.165) is 26.1 Å². The smallest absolute Gasteiger partial charge is 0.0602 e. The highest BCUT2D eigenvalue weighted by Crippen LogP contribution is 2.29. The zero-order valence-corrected chi connectivity index (χ0v) is 11.6. The molecule has 0 unspecified atom stereocenters. The van der Waals surface area contributed by atoms with E-state index in [1.807, 2.05) is 0 Å². The fraction of sp³-hybridized carbons (Fsp3) is 0.625. The molecule has 2 fully saturated rings. The molecule has 1 aromatic rings. The molecule has 0 spiro atoms.